The molecular formula is C69H46N2. The Morgan fingerprint density at radius 2 is 0.789 bits per heavy atom. The third-order valence-corrected chi connectivity index (χ3v) is 15.0. The summed E-state index contributed by atoms with van der Waals surface area (Å²) in [4.78, 5) is 2.40. The first-order valence-corrected chi connectivity index (χ1v) is 24.6. The van der Waals surface area contributed by atoms with Crippen LogP contribution >= 0.6 is 0 Å². The summed E-state index contributed by atoms with van der Waals surface area (Å²) < 4.78 is 2.47. The van der Waals surface area contributed by atoms with Crippen molar-refractivity contribution in [3.05, 3.63) is 301 Å². The van der Waals surface area contributed by atoms with Crippen molar-refractivity contribution in [2.75, 3.05) is 4.90 Å². The molecule has 1 heterocycles. The predicted octanol–water partition coefficient (Wildman–Crippen LogP) is 18.3. The van der Waals surface area contributed by atoms with E-state index in [0.717, 1.165) is 17.1 Å². The molecule has 0 spiro atoms. The molecule has 0 bridgehead atoms. The maximum Gasteiger partial charge on any atom is 0.0714 e. The SMILES string of the molecule is c1ccc(N(c2ccc(-c3ccccc3-c3ccc4c(c3)c3ccccc3n4-c3cc4ccccc4c4ccccc34)cc2)c2ccc3c(c2)C(c2ccccc2)(c2ccccc2)c2ccccc2-3)cc1. The zero-order chi connectivity index (χ0) is 46.9. The van der Waals surface area contributed by atoms with Gasteiger partial charge >= 0.3 is 0 Å². The third kappa shape index (κ3) is 6.35. The topological polar surface area (TPSA) is 8.17 Å². The van der Waals surface area contributed by atoms with Crippen molar-refractivity contribution in [2.45, 2.75) is 5.41 Å². The van der Waals surface area contributed by atoms with Crippen molar-refractivity contribution < 1.29 is 0 Å². The summed E-state index contributed by atoms with van der Waals surface area (Å²) in [7, 11) is 0. The lowest BCUT2D eigenvalue weighted by Crippen LogP contribution is -2.28. The molecule has 14 rings (SSSR count). The van der Waals surface area contributed by atoms with Crippen LogP contribution in [-0.2, 0) is 5.41 Å². The van der Waals surface area contributed by atoms with Crippen molar-refractivity contribution in [3.8, 4) is 39.1 Å². The molecule has 0 amide bonds. The van der Waals surface area contributed by atoms with Crippen LogP contribution in [0.3, 0.4) is 0 Å². The fourth-order valence-electron chi connectivity index (χ4n) is 12.0. The summed E-state index contributed by atoms with van der Waals surface area (Å²) in [6, 6.07) is 103. The third-order valence-electron chi connectivity index (χ3n) is 15.0. The minimum Gasteiger partial charge on any atom is -0.310 e. The van der Waals surface area contributed by atoms with Gasteiger partial charge in [0.05, 0.1) is 22.1 Å². The Labute approximate surface area is 413 Å². The van der Waals surface area contributed by atoms with Gasteiger partial charge in [0.25, 0.3) is 0 Å². The van der Waals surface area contributed by atoms with Crippen LogP contribution in [0.1, 0.15) is 22.3 Å². The minimum absolute atomic E-state index is 0.497. The molecule has 71 heavy (non-hydrogen) atoms. The van der Waals surface area contributed by atoms with E-state index in [1.54, 1.807) is 0 Å². The van der Waals surface area contributed by atoms with E-state index in [-0.39, 0.29) is 0 Å². The molecule has 12 aromatic carbocycles. The standard InChI is InChI=1S/C69H46N2/c1-4-21-50(22-5-1)69(51-23-6-2-7-24-51)64-34-18-16-31-59(64)60-42-41-54(46-65(60)69)70(52-25-8-3-9-26-52)53-39-36-47(37-40-53)55-27-12-13-28-56(55)49-38-43-67-63(44-49)62-33-17-19-35-66(62)71(67)68-45-48-20-10-11-29-57(48)58-30-14-15-32-61(58)68/h1-46H. The largest absolute Gasteiger partial charge is 0.310 e. The molecule has 2 heteroatoms. The monoisotopic (exact) mass is 902 g/mol. The molecule has 0 fully saturated rings. The van der Waals surface area contributed by atoms with Gasteiger partial charge in [0.15, 0.2) is 0 Å². The first kappa shape index (κ1) is 40.8. The van der Waals surface area contributed by atoms with Gasteiger partial charge in [-0.2, -0.15) is 0 Å². The van der Waals surface area contributed by atoms with Gasteiger partial charge in [-0.25, -0.2) is 0 Å². The lowest BCUT2D eigenvalue weighted by molar-refractivity contribution is 0.768. The molecule has 2 nitrogen and oxygen atoms in total. The van der Waals surface area contributed by atoms with Gasteiger partial charge in [0, 0.05) is 33.2 Å². The number of nitrogens with zero attached hydrogens (tertiary/aromatic N) is 2. The number of fused-ring (bicyclic) bond motifs is 9. The van der Waals surface area contributed by atoms with Gasteiger partial charge in [-0.3, -0.25) is 0 Å². The summed E-state index contributed by atoms with van der Waals surface area (Å²) in [5, 5.41) is 7.50. The highest BCUT2D eigenvalue weighted by Crippen LogP contribution is 2.57. The fourth-order valence-corrected chi connectivity index (χ4v) is 12.0. The zero-order valence-corrected chi connectivity index (χ0v) is 39.0. The smallest absolute Gasteiger partial charge is 0.0714 e. The molecule has 0 saturated heterocycles. The number of para-hydroxylation sites is 2. The number of hydrogen-bond donors (Lipinski definition) is 0. The molecule has 0 N–H and O–H groups in total. The highest BCUT2D eigenvalue weighted by molar-refractivity contribution is 6.15. The van der Waals surface area contributed by atoms with Crippen LogP contribution in [0.25, 0.3) is 82.4 Å². The van der Waals surface area contributed by atoms with Gasteiger partial charge in [0.2, 0.25) is 0 Å². The minimum atomic E-state index is -0.497. The van der Waals surface area contributed by atoms with E-state index in [9.17, 15) is 0 Å². The Bertz CT molecular complexity index is 4110. The van der Waals surface area contributed by atoms with E-state index in [1.165, 1.54) is 105 Å². The van der Waals surface area contributed by atoms with Crippen LogP contribution in [0.15, 0.2) is 279 Å². The van der Waals surface area contributed by atoms with Crippen molar-refractivity contribution in [2.24, 2.45) is 0 Å². The zero-order valence-electron chi connectivity index (χ0n) is 39.0. The number of rotatable bonds is 8. The van der Waals surface area contributed by atoms with Gasteiger partial charge in [-0.15, -0.1) is 0 Å². The average Bonchev–Trinajstić information content (AvgIpc) is 3.94. The van der Waals surface area contributed by atoms with Gasteiger partial charge in [-0.05, 0) is 132 Å². The molecule has 1 aromatic heterocycles. The van der Waals surface area contributed by atoms with Gasteiger partial charge < -0.3 is 9.47 Å². The second kappa shape index (κ2) is 16.5. The second-order valence-electron chi connectivity index (χ2n) is 18.8. The fraction of sp³-hybridized carbons (Fsp3) is 0.0145. The number of anilines is 3. The van der Waals surface area contributed by atoms with E-state index in [1.807, 2.05) is 0 Å². The number of hydrogen-bond acceptors (Lipinski definition) is 1. The molecule has 0 saturated carbocycles. The molecule has 0 radical (unpaired) electrons. The number of benzene rings is 12. The normalized spacial score (nSPS) is 12.6. The van der Waals surface area contributed by atoms with Crippen LogP contribution in [-0.4, -0.2) is 4.57 Å². The molecular weight excluding hydrogens is 857 g/mol. The highest BCUT2D eigenvalue weighted by atomic mass is 15.1. The molecule has 0 atom stereocenters. The van der Waals surface area contributed by atoms with Crippen LogP contribution < -0.4 is 4.90 Å². The van der Waals surface area contributed by atoms with Gasteiger partial charge in [0.1, 0.15) is 0 Å². The lowest BCUT2D eigenvalue weighted by atomic mass is 9.67. The lowest BCUT2D eigenvalue weighted by Gasteiger charge is -2.35. The predicted molar refractivity (Wildman–Crippen MR) is 299 cm³/mol. The van der Waals surface area contributed by atoms with Crippen molar-refractivity contribution in [1.29, 1.82) is 0 Å². The van der Waals surface area contributed by atoms with E-state index >= 15 is 0 Å². The Morgan fingerprint density at radius 1 is 0.282 bits per heavy atom. The van der Waals surface area contributed by atoms with Gasteiger partial charge in [-0.1, -0.05) is 218 Å². The summed E-state index contributed by atoms with van der Waals surface area (Å²) >= 11 is 0. The Hall–Kier alpha value is -9.24. The molecule has 332 valence electrons. The summed E-state index contributed by atoms with van der Waals surface area (Å²) in [6.45, 7) is 0. The quantitative estimate of drug-likeness (QED) is 0.138. The molecule has 0 aliphatic heterocycles. The molecule has 1 aliphatic rings. The van der Waals surface area contributed by atoms with Crippen LogP contribution in [0, 0.1) is 0 Å². The second-order valence-corrected chi connectivity index (χ2v) is 18.8. The molecule has 0 unspecified atom stereocenters. The van der Waals surface area contributed by atoms with Crippen molar-refractivity contribution in [1.82, 2.24) is 4.57 Å². The van der Waals surface area contributed by atoms with E-state index in [2.05, 4.69) is 289 Å². The average molecular weight is 903 g/mol. The van der Waals surface area contributed by atoms with E-state index in [4.69, 9.17) is 0 Å². The Morgan fingerprint density at radius 3 is 1.52 bits per heavy atom. The Kier molecular flexibility index (Phi) is 9.47. The summed E-state index contributed by atoms with van der Waals surface area (Å²) in [5.41, 5.74) is 18.8. The summed E-state index contributed by atoms with van der Waals surface area (Å²) in [6.07, 6.45) is 0. The highest BCUT2D eigenvalue weighted by Gasteiger charge is 2.46. The maximum absolute atomic E-state index is 2.47. The molecule has 13 aromatic rings. The number of aromatic nitrogens is 1. The van der Waals surface area contributed by atoms with Crippen LogP contribution in [0.4, 0.5) is 17.1 Å². The van der Waals surface area contributed by atoms with Crippen molar-refractivity contribution in [3.63, 3.8) is 0 Å². The maximum atomic E-state index is 2.47. The van der Waals surface area contributed by atoms with Crippen LogP contribution in [0.5, 0.6) is 0 Å². The molecule has 1 aliphatic carbocycles. The summed E-state index contributed by atoms with van der Waals surface area (Å²) in [5.74, 6) is 0. The van der Waals surface area contributed by atoms with Crippen LogP contribution in [0.2, 0.25) is 0 Å². The Balaban J connectivity index is 0.885. The van der Waals surface area contributed by atoms with Crippen molar-refractivity contribution >= 4 is 60.4 Å². The van der Waals surface area contributed by atoms with E-state index in [0.29, 0.717) is 0 Å². The first-order chi connectivity index (χ1) is 35.2. The van der Waals surface area contributed by atoms with E-state index < -0.39 is 5.41 Å². The first-order valence-electron chi connectivity index (χ1n) is 24.6.